The SMILES string of the molecule is CC(CCCl)CNS(=O)(=O)c1ccccc1. The van der Waals surface area contributed by atoms with Crippen molar-refractivity contribution in [2.75, 3.05) is 12.4 Å². The summed E-state index contributed by atoms with van der Waals surface area (Å²) in [6.07, 6.45) is 0.804. The minimum absolute atomic E-state index is 0.246. The van der Waals surface area contributed by atoms with Crippen molar-refractivity contribution >= 4 is 21.6 Å². The van der Waals surface area contributed by atoms with Gasteiger partial charge < -0.3 is 0 Å². The van der Waals surface area contributed by atoms with Crippen LogP contribution in [0.3, 0.4) is 0 Å². The first-order valence-corrected chi connectivity index (χ1v) is 7.18. The molecule has 16 heavy (non-hydrogen) atoms. The molecule has 90 valence electrons. The van der Waals surface area contributed by atoms with Crippen LogP contribution in [0.2, 0.25) is 0 Å². The number of benzene rings is 1. The normalized spacial score (nSPS) is 13.6. The maximum absolute atomic E-state index is 11.8. The van der Waals surface area contributed by atoms with Gasteiger partial charge in [0.1, 0.15) is 0 Å². The second-order valence-electron chi connectivity index (χ2n) is 3.75. The molecule has 0 aliphatic rings. The van der Waals surface area contributed by atoms with Gasteiger partial charge in [0, 0.05) is 12.4 Å². The minimum Gasteiger partial charge on any atom is -0.211 e. The number of halogens is 1. The van der Waals surface area contributed by atoms with Gasteiger partial charge in [-0.3, -0.25) is 0 Å². The number of sulfonamides is 1. The van der Waals surface area contributed by atoms with E-state index in [4.69, 9.17) is 11.6 Å². The van der Waals surface area contributed by atoms with Gasteiger partial charge in [0.2, 0.25) is 10.0 Å². The summed E-state index contributed by atoms with van der Waals surface area (Å²) < 4.78 is 26.2. The fourth-order valence-corrected chi connectivity index (χ4v) is 2.78. The average molecular weight is 262 g/mol. The zero-order chi connectivity index (χ0) is 12.0. The van der Waals surface area contributed by atoms with Gasteiger partial charge in [-0.05, 0) is 24.5 Å². The quantitative estimate of drug-likeness (QED) is 0.799. The first-order valence-electron chi connectivity index (χ1n) is 5.17. The molecule has 1 rings (SSSR count). The molecule has 1 aromatic carbocycles. The molecule has 3 nitrogen and oxygen atoms in total. The van der Waals surface area contributed by atoms with Gasteiger partial charge in [0.15, 0.2) is 0 Å². The summed E-state index contributed by atoms with van der Waals surface area (Å²) >= 11 is 5.59. The van der Waals surface area contributed by atoms with Gasteiger partial charge in [0.05, 0.1) is 4.90 Å². The molecule has 0 bridgehead atoms. The highest BCUT2D eigenvalue weighted by atomic mass is 35.5. The van der Waals surface area contributed by atoms with E-state index in [1.54, 1.807) is 30.3 Å². The lowest BCUT2D eigenvalue weighted by molar-refractivity contribution is 0.530. The van der Waals surface area contributed by atoms with Crippen molar-refractivity contribution in [1.29, 1.82) is 0 Å². The van der Waals surface area contributed by atoms with E-state index in [0.717, 1.165) is 6.42 Å². The van der Waals surface area contributed by atoms with Crippen LogP contribution in [0.4, 0.5) is 0 Å². The summed E-state index contributed by atoms with van der Waals surface area (Å²) in [6, 6.07) is 8.35. The third-order valence-corrected chi connectivity index (χ3v) is 3.93. The maximum Gasteiger partial charge on any atom is 0.240 e. The lowest BCUT2D eigenvalue weighted by Gasteiger charge is -2.11. The number of nitrogens with one attached hydrogen (secondary N) is 1. The zero-order valence-electron chi connectivity index (χ0n) is 9.19. The molecule has 0 saturated carbocycles. The monoisotopic (exact) mass is 261 g/mol. The molecule has 0 radical (unpaired) electrons. The van der Waals surface area contributed by atoms with Gasteiger partial charge in [-0.2, -0.15) is 0 Å². The maximum atomic E-state index is 11.8. The van der Waals surface area contributed by atoms with Crippen LogP contribution in [0.1, 0.15) is 13.3 Å². The van der Waals surface area contributed by atoms with E-state index in [-0.39, 0.29) is 5.92 Å². The van der Waals surface area contributed by atoms with E-state index in [0.29, 0.717) is 17.3 Å². The van der Waals surface area contributed by atoms with Crippen LogP contribution >= 0.6 is 11.6 Å². The van der Waals surface area contributed by atoms with Crippen molar-refractivity contribution in [3.63, 3.8) is 0 Å². The summed E-state index contributed by atoms with van der Waals surface area (Å²) in [5.41, 5.74) is 0. The smallest absolute Gasteiger partial charge is 0.211 e. The van der Waals surface area contributed by atoms with Crippen LogP contribution in [-0.4, -0.2) is 20.8 Å². The minimum atomic E-state index is -3.37. The Morgan fingerprint density at radius 1 is 1.31 bits per heavy atom. The van der Waals surface area contributed by atoms with E-state index in [1.165, 1.54) is 0 Å². The number of rotatable bonds is 6. The highest BCUT2D eigenvalue weighted by Gasteiger charge is 2.13. The summed E-state index contributed by atoms with van der Waals surface area (Å²) in [5, 5.41) is 0. The first-order chi connectivity index (χ1) is 7.56. The molecule has 1 N–H and O–H groups in total. The number of hydrogen-bond acceptors (Lipinski definition) is 2. The van der Waals surface area contributed by atoms with Crippen molar-refractivity contribution < 1.29 is 8.42 Å². The van der Waals surface area contributed by atoms with Gasteiger partial charge in [-0.25, -0.2) is 13.1 Å². The van der Waals surface area contributed by atoms with Crippen LogP contribution in [0, 0.1) is 5.92 Å². The summed E-state index contributed by atoms with van der Waals surface area (Å²) in [6.45, 7) is 2.39. The second kappa shape index (κ2) is 6.23. The summed E-state index contributed by atoms with van der Waals surface area (Å²) in [4.78, 5) is 0.299. The average Bonchev–Trinajstić information content (AvgIpc) is 2.28. The molecule has 0 amide bonds. The highest BCUT2D eigenvalue weighted by molar-refractivity contribution is 7.89. The predicted molar refractivity (Wildman–Crippen MR) is 66.1 cm³/mol. The Kier molecular flexibility index (Phi) is 5.25. The summed E-state index contributed by atoms with van der Waals surface area (Å²) in [5.74, 6) is 0.796. The molecule has 0 saturated heterocycles. The fraction of sp³-hybridized carbons (Fsp3) is 0.455. The molecule has 1 unspecified atom stereocenters. The van der Waals surface area contributed by atoms with Crippen molar-refractivity contribution in [3.8, 4) is 0 Å². The molecule has 1 atom stereocenters. The van der Waals surface area contributed by atoms with Gasteiger partial charge in [-0.1, -0.05) is 25.1 Å². The van der Waals surface area contributed by atoms with Crippen LogP contribution in [0.25, 0.3) is 0 Å². The molecule has 0 aliphatic heterocycles. The lowest BCUT2D eigenvalue weighted by Crippen LogP contribution is -2.28. The van der Waals surface area contributed by atoms with Crippen LogP contribution in [0.5, 0.6) is 0 Å². The molecule has 0 aromatic heterocycles. The third-order valence-electron chi connectivity index (χ3n) is 2.28. The van der Waals surface area contributed by atoms with Gasteiger partial charge >= 0.3 is 0 Å². The second-order valence-corrected chi connectivity index (χ2v) is 5.89. The summed E-state index contributed by atoms with van der Waals surface area (Å²) in [7, 11) is -3.37. The number of alkyl halides is 1. The van der Waals surface area contributed by atoms with Crippen molar-refractivity contribution in [1.82, 2.24) is 4.72 Å². The zero-order valence-corrected chi connectivity index (χ0v) is 10.8. The Balaban J connectivity index is 2.60. The van der Waals surface area contributed by atoms with E-state index >= 15 is 0 Å². The Morgan fingerprint density at radius 3 is 2.50 bits per heavy atom. The van der Waals surface area contributed by atoms with Gasteiger partial charge in [0.25, 0.3) is 0 Å². The van der Waals surface area contributed by atoms with Crippen LogP contribution in [0.15, 0.2) is 35.2 Å². The molecular weight excluding hydrogens is 246 g/mol. The van der Waals surface area contributed by atoms with E-state index in [9.17, 15) is 8.42 Å². The van der Waals surface area contributed by atoms with Crippen LogP contribution < -0.4 is 4.72 Å². The predicted octanol–water partition coefficient (Wildman–Crippen LogP) is 2.23. The molecule has 0 fully saturated rings. The Hall–Kier alpha value is -0.580. The standard InChI is InChI=1S/C11H16ClNO2S/c1-10(7-8-12)9-13-16(14,15)11-5-3-2-4-6-11/h2-6,10,13H,7-9H2,1H3. The van der Waals surface area contributed by atoms with Gasteiger partial charge in [-0.15, -0.1) is 11.6 Å². The lowest BCUT2D eigenvalue weighted by atomic mass is 10.1. The molecule has 0 heterocycles. The van der Waals surface area contributed by atoms with Crippen molar-refractivity contribution in [2.45, 2.75) is 18.2 Å². The Labute approximate surface area is 102 Å². The van der Waals surface area contributed by atoms with Crippen molar-refractivity contribution in [3.05, 3.63) is 30.3 Å². The first kappa shape index (κ1) is 13.5. The molecular formula is C11H16ClNO2S. The third kappa shape index (κ3) is 4.12. The number of hydrogen-bond donors (Lipinski definition) is 1. The van der Waals surface area contributed by atoms with E-state index in [2.05, 4.69) is 4.72 Å². The topological polar surface area (TPSA) is 46.2 Å². The fourth-order valence-electron chi connectivity index (χ4n) is 1.22. The Morgan fingerprint density at radius 2 is 1.94 bits per heavy atom. The largest absolute Gasteiger partial charge is 0.240 e. The molecule has 0 aliphatic carbocycles. The van der Waals surface area contributed by atoms with Crippen molar-refractivity contribution in [2.24, 2.45) is 5.92 Å². The molecule has 1 aromatic rings. The highest BCUT2D eigenvalue weighted by Crippen LogP contribution is 2.08. The van der Waals surface area contributed by atoms with Crippen LogP contribution in [-0.2, 0) is 10.0 Å². The molecule has 0 spiro atoms. The Bertz CT molecular complexity index is 405. The van der Waals surface area contributed by atoms with E-state index in [1.807, 2.05) is 6.92 Å². The van der Waals surface area contributed by atoms with E-state index < -0.39 is 10.0 Å². The molecule has 5 heteroatoms.